The number of carbonyl (C=O) groups excluding carboxylic acids is 1. The molecule has 0 spiro atoms. The molecule has 8 rings (SSSR count). The van der Waals surface area contributed by atoms with Gasteiger partial charge in [0.15, 0.2) is 5.82 Å². The summed E-state index contributed by atoms with van der Waals surface area (Å²) < 4.78 is 16.4. The number of piperidine rings is 1. The van der Waals surface area contributed by atoms with Crippen molar-refractivity contribution in [3.05, 3.63) is 42.1 Å². The smallest absolute Gasteiger partial charge is 0.254 e. The zero-order chi connectivity index (χ0) is 31.2. The van der Waals surface area contributed by atoms with Gasteiger partial charge in [0.05, 0.1) is 47.5 Å². The van der Waals surface area contributed by atoms with Gasteiger partial charge in [0.2, 0.25) is 0 Å². The van der Waals surface area contributed by atoms with Crippen molar-refractivity contribution in [2.24, 2.45) is 23.5 Å². The van der Waals surface area contributed by atoms with Gasteiger partial charge in [-0.1, -0.05) is 0 Å². The van der Waals surface area contributed by atoms with E-state index in [2.05, 4.69) is 21.3 Å². The number of rotatable bonds is 9. The Bertz CT molecular complexity index is 1800. The molecule has 0 unspecified atom stereocenters. The molecule has 45 heavy (non-hydrogen) atoms. The standard InChI is InChI=1S/C33H37B3N6O3/c1-32(45-33(34,35)36)13-19(14-32)16-42-28-23(10-22(12-26(28)44-2)31(43)41-17-21-7-8-24(41)27(21)37)39-30(42)25-11-20-4-3-9-38-29(20)40(25)15-18-5-6-18/h3-4,9-12,18-19,21,24,27H,5-8,13-17,37H2,1-2H3/t19?,21-,24-,27-,32?/m1/s1. The SMILES string of the molecule is [B]C([B])([B])OC1(C)CC(Cn2c(-c3cc4cccnc4n3CC3CC3)nc3cc(C(=O)N4C[C@H]5CC[C@@H]4[C@@H]5N)cc(OC)c32)C1. The van der Waals surface area contributed by atoms with Gasteiger partial charge in [-0.2, -0.15) is 0 Å². The predicted octanol–water partition coefficient (Wildman–Crippen LogP) is 3.34. The number of benzene rings is 1. The maximum atomic E-state index is 13.9. The highest BCUT2D eigenvalue weighted by atomic mass is 16.5. The Hall–Kier alpha value is -3.24. The Morgan fingerprint density at radius 2 is 1.87 bits per heavy atom. The van der Waals surface area contributed by atoms with Gasteiger partial charge in [-0.15, -0.1) is 0 Å². The zero-order valence-corrected chi connectivity index (χ0v) is 26.0. The van der Waals surface area contributed by atoms with E-state index in [0.717, 1.165) is 65.8 Å². The fourth-order valence-corrected chi connectivity index (χ4v) is 8.40. The number of amides is 1. The predicted molar refractivity (Wildman–Crippen MR) is 175 cm³/mol. The number of ether oxygens (including phenoxy) is 2. The normalized spacial score (nSPS) is 27.8. The van der Waals surface area contributed by atoms with Crippen LogP contribution in [0.15, 0.2) is 36.5 Å². The first-order chi connectivity index (χ1) is 21.5. The minimum Gasteiger partial charge on any atom is -0.494 e. The number of nitrogens with two attached hydrogens (primary N) is 1. The maximum Gasteiger partial charge on any atom is 0.254 e. The van der Waals surface area contributed by atoms with Gasteiger partial charge >= 0.3 is 0 Å². The summed E-state index contributed by atoms with van der Waals surface area (Å²) in [5.41, 5.74) is 10.1. The number of aromatic nitrogens is 4. The lowest BCUT2D eigenvalue weighted by atomic mass is 9.51. The van der Waals surface area contributed by atoms with Gasteiger partial charge in [-0.05, 0) is 98.8 Å². The number of nitrogens with zero attached hydrogens (tertiary/aromatic N) is 5. The van der Waals surface area contributed by atoms with Crippen LogP contribution in [0.2, 0.25) is 0 Å². The van der Waals surface area contributed by atoms with Crippen molar-refractivity contribution in [3.8, 4) is 17.3 Å². The number of methoxy groups -OCH3 is 1. The summed E-state index contributed by atoms with van der Waals surface area (Å²) in [6.45, 7) is 4.26. The van der Waals surface area contributed by atoms with Crippen LogP contribution in [-0.2, 0) is 17.8 Å². The molecular weight excluding hydrogens is 561 g/mol. The van der Waals surface area contributed by atoms with Crippen molar-refractivity contribution in [3.63, 3.8) is 0 Å². The minimum absolute atomic E-state index is 0.0123. The van der Waals surface area contributed by atoms with E-state index in [4.69, 9.17) is 48.7 Å². The van der Waals surface area contributed by atoms with Crippen LogP contribution in [0.3, 0.4) is 0 Å². The van der Waals surface area contributed by atoms with Gasteiger partial charge in [0.1, 0.15) is 16.9 Å². The van der Waals surface area contributed by atoms with E-state index in [1.54, 1.807) is 7.11 Å². The average Bonchev–Trinajstić information content (AvgIpc) is 3.34. The molecular formula is C33H37B3N6O3. The van der Waals surface area contributed by atoms with Crippen LogP contribution in [0, 0.1) is 17.8 Å². The molecule has 4 aromatic rings. The molecule has 3 aliphatic carbocycles. The molecule has 3 atom stereocenters. The number of imidazole rings is 1. The van der Waals surface area contributed by atoms with Gasteiger partial charge in [0, 0.05) is 48.9 Å². The third-order valence-corrected chi connectivity index (χ3v) is 10.5. The maximum absolute atomic E-state index is 13.9. The van der Waals surface area contributed by atoms with Gasteiger partial charge in [-0.3, -0.25) is 4.79 Å². The first-order valence-corrected chi connectivity index (χ1v) is 16.2. The summed E-state index contributed by atoms with van der Waals surface area (Å²) in [6.07, 6.45) is 7.80. The summed E-state index contributed by atoms with van der Waals surface area (Å²) in [4.78, 5) is 25.9. The van der Waals surface area contributed by atoms with Crippen LogP contribution in [0.5, 0.6) is 5.75 Å². The fraction of sp³-hybridized carbons (Fsp3) is 0.545. The van der Waals surface area contributed by atoms with Gasteiger partial charge < -0.3 is 29.2 Å². The summed E-state index contributed by atoms with van der Waals surface area (Å²) in [6, 6.07) is 10.2. The molecule has 2 bridgehead atoms. The zero-order valence-electron chi connectivity index (χ0n) is 26.0. The van der Waals surface area contributed by atoms with Crippen molar-refractivity contribution in [2.75, 3.05) is 13.7 Å². The molecule has 3 saturated carbocycles. The molecule has 3 aromatic heterocycles. The second-order valence-electron chi connectivity index (χ2n) is 14.2. The Morgan fingerprint density at radius 1 is 1.09 bits per heavy atom. The third kappa shape index (κ3) is 5.08. The summed E-state index contributed by atoms with van der Waals surface area (Å²) in [5, 5.41) is -0.612. The number of carbonyl (C=O) groups is 1. The number of hydrogen-bond donors (Lipinski definition) is 1. The Labute approximate surface area is 267 Å². The molecule has 1 aromatic carbocycles. The number of pyridine rings is 1. The van der Waals surface area contributed by atoms with Crippen molar-refractivity contribution >= 4 is 51.5 Å². The van der Waals surface area contributed by atoms with Crippen LogP contribution in [-0.4, -0.2) is 90.1 Å². The van der Waals surface area contributed by atoms with Crippen molar-refractivity contribution in [1.29, 1.82) is 0 Å². The second kappa shape index (κ2) is 10.4. The van der Waals surface area contributed by atoms with Crippen LogP contribution in [0.1, 0.15) is 55.8 Å². The summed E-state index contributed by atoms with van der Waals surface area (Å²) >= 11 is 0. The van der Waals surface area contributed by atoms with E-state index >= 15 is 0 Å². The van der Waals surface area contributed by atoms with Crippen LogP contribution < -0.4 is 10.5 Å². The molecule has 4 aliphatic rings. The highest BCUT2D eigenvalue weighted by Gasteiger charge is 2.47. The van der Waals surface area contributed by atoms with Crippen molar-refractivity contribution in [2.45, 2.75) is 81.5 Å². The molecule has 9 nitrogen and oxygen atoms in total. The summed E-state index contributed by atoms with van der Waals surface area (Å²) in [5.74, 6) is 2.71. The van der Waals surface area contributed by atoms with E-state index in [0.29, 0.717) is 36.2 Å². The quantitative estimate of drug-likeness (QED) is 0.297. The molecule has 4 heterocycles. The Morgan fingerprint density at radius 3 is 2.53 bits per heavy atom. The van der Waals surface area contributed by atoms with Crippen LogP contribution >= 0.6 is 0 Å². The lowest BCUT2D eigenvalue weighted by Crippen LogP contribution is -2.52. The van der Waals surface area contributed by atoms with E-state index in [1.807, 2.05) is 36.2 Å². The fourth-order valence-electron chi connectivity index (χ4n) is 8.40. The van der Waals surface area contributed by atoms with Gasteiger partial charge in [0.25, 0.3) is 5.91 Å². The van der Waals surface area contributed by atoms with Crippen LogP contribution in [0.25, 0.3) is 33.6 Å². The highest BCUT2D eigenvalue weighted by molar-refractivity contribution is 6.58. The van der Waals surface area contributed by atoms with Crippen molar-refractivity contribution in [1.82, 2.24) is 24.0 Å². The molecule has 1 saturated heterocycles. The lowest BCUT2D eigenvalue weighted by Gasteiger charge is -2.49. The number of likely N-dealkylation sites (tertiary alicyclic amines) is 1. The van der Waals surface area contributed by atoms with E-state index in [-0.39, 0.29) is 23.9 Å². The van der Waals surface area contributed by atoms with Crippen molar-refractivity contribution < 1.29 is 14.3 Å². The molecule has 4 fully saturated rings. The number of fused-ring (bicyclic) bond motifs is 4. The topological polar surface area (TPSA) is 100 Å². The Balaban J connectivity index is 1.23. The minimum atomic E-state index is -1.69. The lowest BCUT2D eigenvalue weighted by molar-refractivity contribution is -0.123. The number of hydrogen-bond acceptors (Lipinski definition) is 6. The monoisotopic (exact) mass is 598 g/mol. The molecule has 2 N–H and O–H groups in total. The molecule has 1 amide bonds. The molecule has 12 heteroatoms. The molecule has 6 radical (unpaired) electrons. The largest absolute Gasteiger partial charge is 0.494 e. The first-order valence-electron chi connectivity index (χ1n) is 16.2. The van der Waals surface area contributed by atoms with Crippen LogP contribution in [0.4, 0.5) is 0 Å². The van der Waals surface area contributed by atoms with E-state index in [9.17, 15) is 4.79 Å². The second-order valence-corrected chi connectivity index (χ2v) is 14.2. The van der Waals surface area contributed by atoms with E-state index < -0.39 is 10.9 Å². The molecule has 226 valence electrons. The van der Waals surface area contributed by atoms with E-state index in [1.165, 1.54) is 12.8 Å². The highest BCUT2D eigenvalue weighted by Crippen LogP contribution is 2.45. The third-order valence-electron chi connectivity index (χ3n) is 10.5. The van der Waals surface area contributed by atoms with Gasteiger partial charge in [-0.25, -0.2) is 9.97 Å². The molecule has 1 aliphatic heterocycles. The Kier molecular flexibility index (Phi) is 6.74. The average molecular weight is 598 g/mol. The first kappa shape index (κ1) is 29.2. The summed E-state index contributed by atoms with van der Waals surface area (Å²) in [7, 11) is 19.0.